The van der Waals surface area contributed by atoms with Crippen LogP contribution >= 0.6 is 7.82 Å². The van der Waals surface area contributed by atoms with E-state index in [0.29, 0.717) is 17.4 Å². The van der Waals surface area contributed by atoms with E-state index in [1.54, 1.807) is 6.08 Å². The first-order valence-electron chi connectivity index (χ1n) is 32.9. The number of aliphatic hydroxyl groups excluding tert-OH is 1. The lowest BCUT2D eigenvalue weighted by Crippen LogP contribution is -2.45. The molecule has 0 saturated carbocycles. The van der Waals surface area contributed by atoms with Crippen molar-refractivity contribution in [2.75, 3.05) is 40.9 Å². The van der Waals surface area contributed by atoms with Gasteiger partial charge in [-0.15, -0.1) is 0 Å². The van der Waals surface area contributed by atoms with E-state index < -0.39 is 20.0 Å². The van der Waals surface area contributed by atoms with E-state index in [1.165, 1.54) is 263 Å². The van der Waals surface area contributed by atoms with E-state index in [4.69, 9.17) is 9.05 Å². The SMILES string of the molecule is CCCCCCCCCCC/C=C/CC/C=C/CC/C=C/C(O)C(COP(=O)(O)OCC[N+](C)(C)C)NC(=O)CCCCCCCCCCCCCCCCCCCCCCCCCCCCCCCCCCCC. The van der Waals surface area contributed by atoms with Gasteiger partial charge in [0.2, 0.25) is 5.91 Å². The van der Waals surface area contributed by atoms with Crippen molar-refractivity contribution >= 4 is 13.7 Å². The number of rotatable bonds is 61. The number of carbonyl (C=O) groups is 1. The molecule has 8 nitrogen and oxygen atoms in total. The van der Waals surface area contributed by atoms with E-state index in [0.717, 1.165) is 44.9 Å². The molecular weight excluding hydrogens is 948 g/mol. The van der Waals surface area contributed by atoms with Gasteiger partial charge in [0, 0.05) is 6.42 Å². The number of likely N-dealkylation sites (N-methyl/N-ethyl adjacent to an activating group) is 1. The second kappa shape index (κ2) is 57.4. The fraction of sp³-hybridized carbons (Fsp3) is 0.894. The van der Waals surface area contributed by atoms with Crippen molar-refractivity contribution in [1.29, 1.82) is 0 Å². The van der Waals surface area contributed by atoms with Crippen molar-refractivity contribution < 1.29 is 32.9 Å². The summed E-state index contributed by atoms with van der Waals surface area (Å²) in [5.74, 6) is -0.184. The minimum absolute atomic E-state index is 0.0552. The maximum Gasteiger partial charge on any atom is 0.472 e. The maximum absolute atomic E-state index is 13.0. The molecule has 0 rings (SSSR count). The first-order valence-corrected chi connectivity index (χ1v) is 34.4. The lowest BCUT2D eigenvalue weighted by atomic mass is 10.0. The average Bonchev–Trinajstić information content (AvgIpc) is 3.37. The van der Waals surface area contributed by atoms with Crippen LogP contribution in [0.1, 0.15) is 328 Å². The molecule has 0 aromatic rings. The molecule has 0 aliphatic rings. The summed E-state index contributed by atoms with van der Waals surface area (Å²) in [5, 5.41) is 13.9. The third-order valence-corrected chi connectivity index (χ3v) is 16.1. The van der Waals surface area contributed by atoms with Gasteiger partial charge in [0.25, 0.3) is 0 Å². The number of phosphoric ester groups is 1. The Morgan fingerprint density at radius 3 is 1.07 bits per heavy atom. The van der Waals surface area contributed by atoms with Crippen LogP contribution in [-0.2, 0) is 18.4 Å². The molecule has 0 aliphatic carbocycles. The third kappa shape index (κ3) is 60.2. The number of amides is 1. The molecule has 0 saturated heterocycles. The summed E-state index contributed by atoms with van der Waals surface area (Å²) >= 11 is 0. The van der Waals surface area contributed by atoms with E-state index in [2.05, 4.69) is 43.5 Å². The number of phosphoric acid groups is 1. The minimum atomic E-state index is -4.36. The molecule has 3 unspecified atom stereocenters. The molecule has 0 aromatic carbocycles. The van der Waals surface area contributed by atoms with Gasteiger partial charge in [0.05, 0.1) is 39.9 Å². The van der Waals surface area contributed by atoms with Crippen molar-refractivity contribution in [2.24, 2.45) is 0 Å². The highest BCUT2D eigenvalue weighted by Gasteiger charge is 2.28. The van der Waals surface area contributed by atoms with Crippen molar-refractivity contribution in [3.63, 3.8) is 0 Å². The van der Waals surface area contributed by atoms with E-state index in [-0.39, 0.29) is 19.1 Å². The molecule has 0 spiro atoms. The Labute approximate surface area is 467 Å². The first-order chi connectivity index (χ1) is 36.5. The highest BCUT2D eigenvalue weighted by molar-refractivity contribution is 7.47. The summed E-state index contributed by atoms with van der Waals surface area (Å²) < 4.78 is 23.7. The third-order valence-electron chi connectivity index (χ3n) is 15.1. The van der Waals surface area contributed by atoms with Crippen LogP contribution in [0.5, 0.6) is 0 Å². The summed E-state index contributed by atoms with van der Waals surface area (Å²) in [7, 11) is 1.56. The van der Waals surface area contributed by atoms with E-state index in [1.807, 2.05) is 27.2 Å². The Morgan fingerprint density at radius 1 is 0.440 bits per heavy atom. The largest absolute Gasteiger partial charge is 0.472 e. The molecule has 3 N–H and O–H groups in total. The summed E-state index contributed by atoms with van der Waals surface area (Å²) in [6.45, 7) is 4.83. The predicted molar refractivity (Wildman–Crippen MR) is 328 cm³/mol. The number of hydrogen-bond donors (Lipinski definition) is 3. The van der Waals surface area contributed by atoms with Gasteiger partial charge in [-0.05, 0) is 44.9 Å². The van der Waals surface area contributed by atoms with Crippen LogP contribution in [0, 0.1) is 0 Å². The zero-order valence-corrected chi connectivity index (χ0v) is 51.7. The summed E-state index contributed by atoms with van der Waals surface area (Å²) in [6, 6.07) is -0.868. The van der Waals surface area contributed by atoms with Crippen molar-refractivity contribution in [2.45, 2.75) is 341 Å². The van der Waals surface area contributed by atoms with E-state index in [9.17, 15) is 19.4 Å². The van der Waals surface area contributed by atoms with Gasteiger partial charge in [0.15, 0.2) is 0 Å². The smallest absolute Gasteiger partial charge is 0.387 e. The topological polar surface area (TPSA) is 105 Å². The molecule has 9 heteroatoms. The molecule has 0 aliphatic heterocycles. The molecule has 3 atom stereocenters. The van der Waals surface area contributed by atoms with Gasteiger partial charge in [-0.3, -0.25) is 13.8 Å². The fourth-order valence-corrected chi connectivity index (χ4v) is 10.7. The number of allylic oxidation sites excluding steroid dienone is 5. The predicted octanol–water partition coefficient (Wildman–Crippen LogP) is 20.5. The number of quaternary nitrogens is 1. The maximum atomic E-state index is 13.0. The van der Waals surface area contributed by atoms with Crippen LogP contribution in [0.25, 0.3) is 0 Å². The Bertz CT molecular complexity index is 1320. The van der Waals surface area contributed by atoms with E-state index >= 15 is 0 Å². The standard InChI is InChI=1S/C66H129N2O6P/c1-6-8-10-12-14-16-18-20-22-24-26-27-28-29-30-31-32-33-34-35-36-37-38-39-40-42-44-46-48-50-52-54-56-58-60-66(70)67-64(63-74-75(71,72)73-62-61-68(3,4)5)65(69)59-57-55-53-51-49-47-45-43-41-25-23-21-19-17-15-13-11-9-7-2/h41,43,49,51,57,59,64-65,69H,6-40,42,44-48,50,52-56,58,60-63H2,1-5H3,(H-,67,70,71,72)/p+1/b43-41+,51-49+,59-57+. The highest BCUT2D eigenvalue weighted by atomic mass is 31.2. The van der Waals surface area contributed by atoms with Crippen LogP contribution in [0.15, 0.2) is 36.5 Å². The van der Waals surface area contributed by atoms with Gasteiger partial charge in [0.1, 0.15) is 13.2 Å². The van der Waals surface area contributed by atoms with Gasteiger partial charge in [-0.2, -0.15) is 0 Å². The van der Waals surface area contributed by atoms with Crippen LogP contribution in [0.3, 0.4) is 0 Å². The molecule has 0 radical (unpaired) electrons. The molecule has 0 aromatic heterocycles. The number of unbranched alkanes of at least 4 members (excludes halogenated alkanes) is 44. The monoisotopic (exact) mass is 1080 g/mol. The number of nitrogens with one attached hydrogen (secondary N) is 1. The second-order valence-electron chi connectivity index (χ2n) is 23.8. The van der Waals surface area contributed by atoms with Crippen molar-refractivity contribution in [3.8, 4) is 0 Å². The summed E-state index contributed by atoms with van der Waals surface area (Å²) in [5.41, 5.74) is 0. The number of aliphatic hydroxyl groups is 1. The Kier molecular flexibility index (Phi) is 56.4. The number of hydrogen-bond acceptors (Lipinski definition) is 5. The van der Waals surface area contributed by atoms with Crippen LogP contribution in [-0.4, -0.2) is 73.4 Å². The average molecular weight is 1080 g/mol. The molecular formula is C66H130N2O6P+. The summed E-state index contributed by atoms with van der Waals surface area (Å²) in [4.78, 5) is 23.3. The van der Waals surface area contributed by atoms with Crippen LogP contribution in [0.2, 0.25) is 0 Å². The normalized spacial score (nSPS) is 14.0. The van der Waals surface area contributed by atoms with Crippen LogP contribution < -0.4 is 5.32 Å². The Morgan fingerprint density at radius 2 is 0.733 bits per heavy atom. The second-order valence-corrected chi connectivity index (χ2v) is 25.3. The number of nitrogens with zero attached hydrogens (tertiary/aromatic N) is 1. The molecule has 0 fully saturated rings. The zero-order chi connectivity index (χ0) is 54.9. The molecule has 444 valence electrons. The quantitative estimate of drug-likeness (QED) is 0.0243. The Hall–Kier alpha value is -1.28. The molecule has 75 heavy (non-hydrogen) atoms. The highest BCUT2D eigenvalue weighted by Crippen LogP contribution is 2.43. The van der Waals surface area contributed by atoms with Crippen LogP contribution in [0.4, 0.5) is 0 Å². The lowest BCUT2D eigenvalue weighted by Gasteiger charge is -2.25. The Balaban J connectivity index is 4.03. The summed E-state index contributed by atoms with van der Waals surface area (Å²) in [6.07, 6.45) is 75.8. The first kappa shape index (κ1) is 73.7. The van der Waals surface area contributed by atoms with Gasteiger partial charge >= 0.3 is 7.82 Å². The molecule has 0 heterocycles. The molecule has 1 amide bonds. The van der Waals surface area contributed by atoms with Gasteiger partial charge in [-0.1, -0.05) is 314 Å². The van der Waals surface area contributed by atoms with Crippen molar-refractivity contribution in [3.05, 3.63) is 36.5 Å². The van der Waals surface area contributed by atoms with Gasteiger partial charge in [-0.25, -0.2) is 4.57 Å². The lowest BCUT2D eigenvalue weighted by molar-refractivity contribution is -0.870. The van der Waals surface area contributed by atoms with Gasteiger partial charge < -0.3 is 19.8 Å². The fourth-order valence-electron chi connectivity index (χ4n) is 9.96. The van der Waals surface area contributed by atoms with Crippen molar-refractivity contribution in [1.82, 2.24) is 5.32 Å². The minimum Gasteiger partial charge on any atom is -0.387 e. The zero-order valence-electron chi connectivity index (χ0n) is 50.8. The number of carbonyl (C=O) groups excluding carboxylic acids is 1. The molecule has 0 bridgehead atoms.